The van der Waals surface area contributed by atoms with E-state index in [9.17, 15) is 14.4 Å². The number of amides is 2. The van der Waals surface area contributed by atoms with E-state index in [0.29, 0.717) is 42.0 Å². The minimum absolute atomic E-state index is 0.133. The number of fused-ring (bicyclic) bond motifs is 1. The molecule has 1 saturated heterocycles. The standard InChI is InChI=1S/C35H35Cl2N7O5/c1-7-10-28(46)43-14-13-42(4)22(18-43)19-44-33-21(15-23(34(44)47)29-30(36)25(48-5)16-26(49-6)31(29)37)17-38-35(41-33)40-32-20(3)11-9-12-24(32)39-27(45)8-2/h8-9,11-12,15-17,22H,2,13-14,18-19H2,1,3-6H3,(H,39,45)(H,38,40,41). The number of carbonyl (C=O) groups excluding carboxylic acids is 2. The van der Waals surface area contributed by atoms with Crippen molar-refractivity contribution in [2.24, 2.45) is 0 Å². The lowest BCUT2D eigenvalue weighted by Crippen LogP contribution is -2.55. The van der Waals surface area contributed by atoms with Crippen molar-refractivity contribution in [1.29, 1.82) is 0 Å². The number of hydrogen-bond acceptors (Lipinski definition) is 9. The molecule has 0 aliphatic carbocycles. The van der Waals surface area contributed by atoms with E-state index < -0.39 is 5.56 Å². The number of aromatic nitrogens is 3. The molecule has 1 unspecified atom stereocenters. The Labute approximate surface area is 293 Å². The lowest BCUT2D eigenvalue weighted by Gasteiger charge is -2.39. The van der Waals surface area contributed by atoms with Gasteiger partial charge in [0, 0.05) is 55.4 Å². The number of ether oxygens (including phenoxy) is 2. The van der Waals surface area contributed by atoms with Gasteiger partial charge in [-0.2, -0.15) is 4.98 Å². The second-order valence-electron chi connectivity index (χ2n) is 11.3. The third kappa shape index (κ3) is 7.19. The Kier molecular flexibility index (Phi) is 10.8. The number of likely N-dealkylation sites (N-methyl/N-ethyl adjacent to an activating group) is 1. The van der Waals surface area contributed by atoms with Gasteiger partial charge in [-0.25, -0.2) is 4.98 Å². The number of piperazine rings is 1. The molecule has 2 N–H and O–H groups in total. The number of pyridine rings is 1. The van der Waals surface area contributed by atoms with Crippen LogP contribution in [0.5, 0.6) is 11.5 Å². The number of carbonyl (C=O) groups is 2. The van der Waals surface area contributed by atoms with E-state index >= 15 is 0 Å². The highest BCUT2D eigenvalue weighted by Gasteiger charge is 2.29. The van der Waals surface area contributed by atoms with Crippen molar-refractivity contribution in [3.05, 3.63) is 75.1 Å². The first-order valence-corrected chi connectivity index (χ1v) is 16.0. The van der Waals surface area contributed by atoms with Gasteiger partial charge in [0.05, 0.1) is 41.2 Å². The molecule has 12 nitrogen and oxygen atoms in total. The Morgan fingerprint density at radius 2 is 1.86 bits per heavy atom. The van der Waals surface area contributed by atoms with Crippen LogP contribution in [0.25, 0.3) is 22.2 Å². The van der Waals surface area contributed by atoms with Crippen LogP contribution in [0.2, 0.25) is 10.0 Å². The van der Waals surface area contributed by atoms with Gasteiger partial charge in [0.25, 0.3) is 11.5 Å². The zero-order valence-corrected chi connectivity index (χ0v) is 29.2. The molecular weight excluding hydrogens is 669 g/mol. The lowest BCUT2D eigenvalue weighted by atomic mass is 10.0. The van der Waals surface area contributed by atoms with Crippen molar-refractivity contribution in [2.45, 2.75) is 26.4 Å². The molecule has 1 atom stereocenters. The molecule has 2 amide bonds. The van der Waals surface area contributed by atoms with Crippen molar-refractivity contribution in [3.63, 3.8) is 0 Å². The quantitative estimate of drug-likeness (QED) is 0.180. The summed E-state index contributed by atoms with van der Waals surface area (Å²) in [6, 6.07) is 8.33. The molecule has 2 aromatic heterocycles. The SMILES string of the molecule is C=CC(=O)Nc1cccc(C)c1Nc1ncc2cc(-c3c(Cl)c(OC)cc(OC)c3Cl)c(=O)n(CC3CN(C(=O)C#CC)CCN3C)c2n1. The van der Waals surface area contributed by atoms with Gasteiger partial charge < -0.3 is 25.0 Å². The second kappa shape index (κ2) is 15.0. The fourth-order valence-electron chi connectivity index (χ4n) is 5.65. The van der Waals surface area contributed by atoms with E-state index in [-0.39, 0.29) is 63.0 Å². The van der Waals surface area contributed by atoms with Crippen LogP contribution in [0.15, 0.2) is 54.0 Å². The molecule has 5 rings (SSSR count). The Bertz CT molecular complexity index is 2060. The monoisotopic (exact) mass is 703 g/mol. The van der Waals surface area contributed by atoms with E-state index in [4.69, 9.17) is 37.7 Å². The molecule has 0 saturated carbocycles. The van der Waals surface area contributed by atoms with E-state index in [1.165, 1.54) is 24.9 Å². The van der Waals surface area contributed by atoms with Gasteiger partial charge in [-0.05, 0) is 50.6 Å². The molecule has 1 aliphatic heterocycles. The summed E-state index contributed by atoms with van der Waals surface area (Å²) in [6.45, 7) is 8.59. The van der Waals surface area contributed by atoms with Crippen LogP contribution in [-0.2, 0) is 16.1 Å². The molecule has 1 aliphatic rings. The fraction of sp³-hybridized carbons (Fsp3) is 0.286. The minimum atomic E-state index is -0.434. The van der Waals surface area contributed by atoms with Crippen molar-refractivity contribution in [1.82, 2.24) is 24.3 Å². The topological polar surface area (TPSA) is 131 Å². The van der Waals surface area contributed by atoms with Gasteiger partial charge in [0.2, 0.25) is 11.9 Å². The van der Waals surface area contributed by atoms with Crippen molar-refractivity contribution in [2.75, 3.05) is 51.5 Å². The van der Waals surface area contributed by atoms with Crippen molar-refractivity contribution >= 4 is 63.4 Å². The number of nitrogens with zero attached hydrogens (tertiary/aromatic N) is 5. The van der Waals surface area contributed by atoms with Crippen LogP contribution in [0, 0.1) is 18.8 Å². The first kappa shape index (κ1) is 35.2. The summed E-state index contributed by atoms with van der Waals surface area (Å²) in [7, 11) is 4.85. The van der Waals surface area contributed by atoms with Crippen LogP contribution in [0.4, 0.5) is 17.3 Å². The molecule has 2 aromatic carbocycles. The van der Waals surface area contributed by atoms with Crippen LogP contribution < -0.4 is 25.7 Å². The van der Waals surface area contributed by atoms with Crippen LogP contribution in [0.3, 0.4) is 0 Å². The molecular formula is C35H35Cl2N7O5. The summed E-state index contributed by atoms with van der Waals surface area (Å²) in [5.74, 6) is 5.35. The Balaban J connectivity index is 1.70. The summed E-state index contributed by atoms with van der Waals surface area (Å²) >= 11 is 13.6. The Morgan fingerprint density at radius 1 is 1.14 bits per heavy atom. The molecule has 1 fully saturated rings. The average molecular weight is 705 g/mol. The van der Waals surface area contributed by atoms with Gasteiger partial charge in [-0.15, -0.1) is 0 Å². The number of benzene rings is 2. The molecule has 254 valence electrons. The molecule has 14 heteroatoms. The average Bonchev–Trinajstić information content (AvgIpc) is 3.09. The highest BCUT2D eigenvalue weighted by atomic mass is 35.5. The van der Waals surface area contributed by atoms with E-state index in [1.807, 2.05) is 26.1 Å². The first-order valence-electron chi connectivity index (χ1n) is 15.2. The number of rotatable bonds is 9. The predicted octanol–water partition coefficient (Wildman–Crippen LogP) is 5.12. The number of nitrogens with one attached hydrogen (secondary N) is 2. The predicted molar refractivity (Wildman–Crippen MR) is 192 cm³/mol. The molecule has 3 heterocycles. The molecule has 0 radical (unpaired) electrons. The fourth-order valence-corrected chi connectivity index (χ4v) is 6.35. The smallest absolute Gasteiger partial charge is 0.298 e. The molecule has 0 spiro atoms. The van der Waals surface area contributed by atoms with Gasteiger partial charge in [0.1, 0.15) is 17.1 Å². The molecule has 4 aromatic rings. The number of hydrogen-bond donors (Lipinski definition) is 2. The van der Waals surface area contributed by atoms with E-state index in [1.54, 1.807) is 36.2 Å². The normalized spacial score (nSPS) is 14.5. The number of aryl methyl sites for hydroxylation is 1. The van der Waals surface area contributed by atoms with Crippen molar-refractivity contribution in [3.8, 4) is 34.5 Å². The zero-order valence-electron chi connectivity index (χ0n) is 27.7. The zero-order chi connectivity index (χ0) is 35.4. The summed E-state index contributed by atoms with van der Waals surface area (Å²) in [4.78, 5) is 52.6. The second-order valence-corrected chi connectivity index (χ2v) is 12.1. The summed E-state index contributed by atoms with van der Waals surface area (Å²) in [5, 5.41) is 6.79. The van der Waals surface area contributed by atoms with Gasteiger partial charge in [-0.1, -0.05) is 47.8 Å². The van der Waals surface area contributed by atoms with Crippen LogP contribution >= 0.6 is 23.2 Å². The number of anilines is 3. The van der Waals surface area contributed by atoms with E-state index in [0.717, 1.165) is 5.56 Å². The summed E-state index contributed by atoms with van der Waals surface area (Å²) in [6.07, 6.45) is 2.76. The maximum absolute atomic E-state index is 14.6. The van der Waals surface area contributed by atoms with Crippen molar-refractivity contribution < 1.29 is 19.1 Å². The van der Waals surface area contributed by atoms with Gasteiger partial charge in [-0.3, -0.25) is 23.9 Å². The largest absolute Gasteiger partial charge is 0.495 e. The lowest BCUT2D eigenvalue weighted by molar-refractivity contribution is -0.127. The number of para-hydroxylation sites is 1. The van der Waals surface area contributed by atoms with Gasteiger partial charge >= 0.3 is 0 Å². The van der Waals surface area contributed by atoms with E-state index in [2.05, 4.69) is 38.9 Å². The molecule has 0 bridgehead atoms. The number of methoxy groups -OCH3 is 2. The Hall–Kier alpha value is -5.09. The molecule has 49 heavy (non-hydrogen) atoms. The first-order chi connectivity index (χ1) is 23.5. The Morgan fingerprint density at radius 3 is 2.51 bits per heavy atom. The maximum atomic E-state index is 14.6. The van der Waals surface area contributed by atoms with Gasteiger partial charge in [0.15, 0.2) is 0 Å². The van der Waals surface area contributed by atoms with Crippen LogP contribution in [0.1, 0.15) is 12.5 Å². The highest BCUT2D eigenvalue weighted by molar-refractivity contribution is 6.41. The third-order valence-corrected chi connectivity index (χ3v) is 9.06. The highest BCUT2D eigenvalue weighted by Crippen LogP contribution is 2.45. The minimum Gasteiger partial charge on any atom is -0.495 e. The third-order valence-electron chi connectivity index (χ3n) is 8.31. The summed E-state index contributed by atoms with van der Waals surface area (Å²) in [5.41, 5.74) is 2.19. The van der Waals surface area contributed by atoms with Crippen LogP contribution in [-0.4, -0.2) is 83.1 Å². The number of halogens is 2. The maximum Gasteiger partial charge on any atom is 0.298 e. The summed E-state index contributed by atoms with van der Waals surface area (Å²) < 4.78 is 12.5.